The number of methoxy groups -OCH3 is 2. The predicted molar refractivity (Wildman–Crippen MR) is 300 cm³/mol. The maximum Gasteiger partial charge on any atom is 0.408 e. The first kappa shape index (κ1) is 63.1. The van der Waals surface area contributed by atoms with Crippen molar-refractivity contribution in [1.82, 2.24) is 36.4 Å². The Morgan fingerprint density at radius 1 is 0.805 bits per heavy atom. The van der Waals surface area contributed by atoms with E-state index in [1.807, 2.05) is 0 Å². The summed E-state index contributed by atoms with van der Waals surface area (Å²) in [4.78, 5) is 134. The molecular weight excluding hydrogens is 1140 g/mol. The van der Waals surface area contributed by atoms with Gasteiger partial charge in [0.15, 0.2) is 24.6 Å². The molecule has 0 saturated carbocycles. The number of aliphatic hydroxyl groups is 1. The van der Waals surface area contributed by atoms with Crippen LogP contribution in [-0.4, -0.2) is 192 Å². The first-order valence-electron chi connectivity index (χ1n) is 28.4. The van der Waals surface area contributed by atoms with Crippen LogP contribution in [-0.2, 0) is 75.0 Å². The highest BCUT2D eigenvalue weighted by Gasteiger charge is 2.55. The molecule has 9 rings (SSSR count). The summed E-state index contributed by atoms with van der Waals surface area (Å²) in [6, 6.07) is 7.08. The van der Waals surface area contributed by atoms with Gasteiger partial charge in [-0.15, -0.1) is 0 Å². The van der Waals surface area contributed by atoms with E-state index in [0.717, 1.165) is 17.1 Å². The third-order valence-corrected chi connectivity index (χ3v) is 16.1. The van der Waals surface area contributed by atoms with Crippen molar-refractivity contribution >= 4 is 64.7 Å². The van der Waals surface area contributed by atoms with Crippen molar-refractivity contribution in [3.8, 4) is 17.2 Å². The van der Waals surface area contributed by atoms with E-state index in [1.165, 1.54) is 58.4 Å². The topological polar surface area (TPSA) is 375 Å². The van der Waals surface area contributed by atoms with Crippen LogP contribution < -0.4 is 36.6 Å². The van der Waals surface area contributed by atoms with Crippen LogP contribution in [0.25, 0.3) is 0 Å². The number of phenols is 2. The number of phenolic OH excluding ortho intramolecular Hbond substituents is 2. The minimum atomic E-state index is -2.39. The van der Waals surface area contributed by atoms with E-state index in [1.54, 1.807) is 32.9 Å². The molecule has 3 aromatic carbocycles. The SMILES string of the molecule is COc1cccc2c1C(=O)c1c(O)c3c(c(O)c1C2=O)C[C@@](O)(C(=O)NCCNC(=O)[C@@H](C)NC(=O)OCc1ccc(NC(=O)[C@H](C)NC(=O)[C@@H](NC(=O)CCN2C(=O)C=CC2=O)C(C)C)cc1)C[C@@H]3O[C@H]1C[C@H]2[C@H](O[C@@H]3[C@@H](OC)OCCN32)[C@H](C)O1. The first-order chi connectivity index (χ1) is 41.4. The maximum atomic E-state index is 14.3. The number of nitrogens with zero attached hydrogens (tertiary/aromatic N) is 2. The monoisotopic (exact) mass is 1210 g/mol. The van der Waals surface area contributed by atoms with Crippen LogP contribution in [0.4, 0.5) is 10.5 Å². The van der Waals surface area contributed by atoms with Crippen molar-refractivity contribution in [2.75, 3.05) is 52.3 Å². The van der Waals surface area contributed by atoms with Crippen LogP contribution in [0.5, 0.6) is 17.2 Å². The molecule has 9 N–H and O–H groups in total. The Balaban J connectivity index is 0.767. The van der Waals surface area contributed by atoms with E-state index in [0.29, 0.717) is 24.4 Å². The number of ketones is 2. The molecule has 466 valence electrons. The quantitative estimate of drug-likeness (QED) is 0.0313. The molecule has 28 heteroatoms. The summed E-state index contributed by atoms with van der Waals surface area (Å²) in [5.41, 5.74) is -3.16. The van der Waals surface area contributed by atoms with Crippen LogP contribution >= 0.6 is 0 Å². The van der Waals surface area contributed by atoms with Gasteiger partial charge in [0.05, 0.1) is 42.6 Å². The number of morpholine rings is 1. The van der Waals surface area contributed by atoms with Gasteiger partial charge in [-0.3, -0.25) is 53.0 Å². The Bertz CT molecular complexity index is 3260. The fourth-order valence-corrected chi connectivity index (χ4v) is 11.6. The molecule has 87 heavy (non-hydrogen) atoms. The number of amides is 8. The summed E-state index contributed by atoms with van der Waals surface area (Å²) in [5, 5.41) is 51.9. The molecule has 8 amide bonds. The van der Waals surface area contributed by atoms with Crippen LogP contribution in [0.1, 0.15) is 109 Å². The molecular formula is C59H70N8O20. The van der Waals surface area contributed by atoms with Gasteiger partial charge in [-0.1, -0.05) is 38.1 Å². The molecule has 28 nitrogen and oxygen atoms in total. The van der Waals surface area contributed by atoms with E-state index in [9.17, 15) is 63.3 Å². The molecule has 2 aliphatic carbocycles. The number of rotatable bonds is 21. The Morgan fingerprint density at radius 3 is 2.18 bits per heavy atom. The van der Waals surface area contributed by atoms with Gasteiger partial charge in [-0.2, -0.15) is 0 Å². The number of fused-ring (bicyclic) bond motifs is 6. The van der Waals surface area contributed by atoms with Gasteiger partial charge in [-0.25, -0.2) is 4.79 Å². The van der Waals surface area contributed by atoms with E-state index >= 15 is 0 Å². The summed E-state index contributed by atoms with van der Waals surface area (Å²) >= 11 is 0. The lowest BCUT2D eigenvalue weighted by Crippen LogP contribution is -2.55. The van der Waals surface area contributed by atoms with Crippen molar-refractivity contribution in [3.63, 3.8) is 0 Å². The number of benzene rings is 3. The van der Waals surface area contributed by atoms with Crippen molar-refractivity contribution in [2.45, 2.75) is 134 Å². The number of alkyl carbamates (subject to hydrolysis) is 1. The predicted octanol–water partition coefficient (Wildman–Crippen LogP) is 0.596. The van der Waals surface area contributed by atoms with E-state index in [-0.39, 0.29) is 79.0 Å². The van der Waals surface area contributed by atoms with Gasteiger partial charge >= 0.3 is 6.09 Å². The molecule has 0 bridgehead atoms. The zero-order valence-corrected chi connectivity index (χ0v) is 48.8. The van der Waals surface area contributed by atoms with E-state index < -0.39 is 155 Å². The van der Waals surface area contributed by atoms with Crippen LogP contribution in [0.2, 0.25) is 0 Å². The highest BCUT2D eigenvalue weighted by molar-refractivity contribution is 6.31. The number of anilines is 1. The van der Waals surface area contributed by atoms with Crippen molar-refractivity contribution in [2.24, 2.45) is 5.92 Å². The number of carbonyl (C=O) groups is 10. The molecule has 6 aliphatic rings. The lowest BCUT2D eigenvalue weighted by atomic mass is 9.72. The summed E-state index contributed by atoms with van der Waals surface area (Å²) in [6.45, 7) is 8.05. The molecule has 3 fully saturated rings. The van der Waals surface area contributed by atoms with Crippen molar-refractivity contribution < 1.29 is 96.4 Å². The second kappa shape index (κ2) is 26.3. The lowest BCUT2D eigenvalue weighted by Gasteiger charge is -2.43. The average molecular weight is 1210 g/mol. The van der Waals surface area contributed by atoms with Crippen molar-refractivity contribution in [3.05, 3.63) is 93.6 Å². The highest BCUT2D eigenvalue weighted by atomic mass is 16.7. The molecule has 4 aliphatic heterocycles. The number of imide groups is 1. The van der Waals surface area contributed by atoms with Crippen LogP contribution in [0, 0.1) is 5.92 Å². The normalized spacial score (nSPS) is 24.7. The molecule has 11 atom stereocenters. The Labute approximate surface area is 498 Å². The van der Waals surface area contributed by atoms with Crippen molar-refractivity contribution in [1.29, 1.82) is 0 Å². The standard InChI is InChI=1S/C59H70N8O20/c1-27(2)46(65-38(68)17-20-67-39(69)15-16-40(67)70)54(77)62-29(4)53(76)64-32-13-11-31(12-14-32)26-84-58(79)63-28(3)52(75)60-18-19-61-57(78)59(80)24-34-43(50(74)45-44(48(34)72)47(71)33-9-8-10-36(81-6)42(33)49(45)73)37(25-59)86-41-23-35-51(30(5)85-41)87-55-56(82-7)83-22-21-66(35)55/h8-16,27-30,35,37,41,46,51,55-56,72,74,80H,17-26H2,1-7H3,(H,60,75)(H,61,78)(H,62,77)(H,63,79)(H,64,76)(H,65,68)/t28-,29+,30+,35+,37+,41+,46+,51-,55-,56+,59+/m1/s1. The third-order valence-electron chi connectivity index (χ3n) is 16.1. The van der Waals surface area contributed by atoms with E-state index in [2.05, 4.69) is 36.8 Å². The van der Waals surface area contributed by atoms with E-state index in [4.69, 9.17) is 33.2 Å². The number of hydrogen-bond donors (Lipinski definition) is 9. The first-order valence-corrected chi connectivity index (χ1v) is 28.4. The van der Waals surface area contributed by atoms with Gasteiger partial charge < -0.3 is 80.4 Å². The molecule has 0 radical (unpaired) electrons. The fraction of sp³-hybridized carbons (Fsp3) is 0.492. The largest absolute Gasteiger partial charge is 0.507 e. The summed E-state index contributed by atoms with van der Waals surface area (Å²) in [5.74, 6) is -7.87. The number of aromatic hydroxyl groups is 2. The summed E-state index contributed by atoms with van der Waals surface area (Å²) in [6.07, 6.45) is -4.64. The smallest absolute Gasteiger partial charge is 0.408 e. The molecule has 0 unspecified atom stereocenters. The number of ether oxygens (including phenoxy) is 7. The maximum absolute atomic E-state index is 14.3. The van der Waals surface area contributed by atoms with Gasteiger partial charge in [0, 0.05) is 99.5 Å². The average Bonchev–Trinajstić information content (AvgIpc) is 1.26. The van der Waals surface area contributed by atoms with Crippen LogP contribution in [0.3, 0.4) is 0 Å². The van der Waals surface area contributed by atoms with Gasteiger partial charge in [-0.05, 0) is 50.5 Å². The molecule has 3 aromatic rings. The third kappa shape index (κ3) is 13.2. The zero-order chi connectivity index (χ0) is 62.8. The van der Waals surface area contributed by atoms with Gasteiger partial charge in [0.2, 0.25) is 29.4 Å². The number of hydrogen-bond acceptors (Lipinski definition) is 21. The zero-order valence-electron chi connectivity index (χ0n) is 48.8. The molecule has 4 heterocycles. The number of nitrogens with one attached hydrogen (secondary N) is 6. The second-order valence-corrected chi connectivity index (χ2v) is 22.3. The lowest BCUT2D eigenvalue weighted by molar-refractivity contribution is -0.256. The molecule has 0 aromatic heterocycles. The summed E-state index contributed by atoms with van der Waals surface area (Å²) < 4.78 is 41.3. The van der Waals surface area contributed by atoms with Gasteiger partial charge in [0.25, 0.3) is 17.7 Å². The second-order valence-electron chi connectivity index (χ2n) is 22.3. The Hall–Kier alpha value is -8.38. The minimum absolute atomic E-state index is 0.0592. The molecule has 0 spiro atoms. The Kier molecular flexibility index (Phi) is 19.1. The summed E-state index contributed by atoms with van der Waals surface area (Å²) in [7, 11) is 2.83. The highest BCUT2D eigenvalue weighted by Crippen LogP contribution is 2.53. The minimum Gasteiger partial charge on any atom is -0.507 e. The Morgan fingerprint density at radius 2 is 1.49 bits per heavy atom. The molecule has 3 saturated heterocycles. The number of carbonyl (C=O) groups excluding carboxylic acids is 10. The van der Waals surface area contributed by atoms with Crippen LogP contribution in [0.15, 0.2) is 54.6 Å². The van der Waals surface area contributed by atoms with Gasteiger partial charge in [0.1, 0.15) is 53.7 Å². The fourth-order valence-electron chi connectivity index (χ4n) is 11.6.